The van der Waals surface area contributed by atoms with E-state index in [0.717, 1.165) is 23.2 Å². The van der Waals surface area contributed by atoms with Crippen LogP contribution in [0.3, 0.4) is 0 Å². The Morgan fingerprint density at radius 1 is 0.968 bits per heavy atom. The smallest absolute Gasteiger partial charge is 0.253 e. The number of thioether (sulfide) groups is 1. The van der Waals surface area contributed by atoms with Gasteiger partial charge < -0.3 is 9.47 Å². The zero-order valence-electron chi connectivity index (χ0n) is 17.3. The molecule has 1 aromatic heterocycles. The highest BCUT2D eigenvalue weighted by atomic mass is 32.2. The number of benzene rings is 2. The van der Waals surface area contributed by atoms with E-state index in [1.165, 1.54) is 17.0 Å². The Morgan fingerprint density at radius 3 is 2.42 bits per heavy atom. The lowest BCUT2D eigenvalue weighted by Crippen LogP contribution is -2.49. The lowest BCUT2D eigenvalue weighted by molar-refractivity contribution is 0.0595. The molecule has 31 heavy (non-hydrogen) atoms. The molecule has 0 saturated carbocycles. The minimum absolute atomic E-state index is 0.0208. The Hall–Kier alpha value is -2.86. The number of nitrogens with zero attached hydrogens (tertiary/aromatic N) is 2. The first-order valence-electron chi connectivity index (χ1n) is 10.5. The summed E-state index contributed by atoms with van der Waals surface area (Å²) in [7, 11) is 0. The van der Waals surface area contributed by atoms with Crippen molar-refractivity contribution in [1.82, 2.24) is 9.47 Å². The summed E-state index contributed by atoms with van der Waals surface area (Å²) in [4.78, 5) is 28.8. The Labute approximate surface area is 184 Å². The van der Waals surface area contributed by atoms with Gasteiger partial charge in [-0.2, -0.15) is 0 Å². The molecule has 3 heterocycles. The van der Waals surface area contributed by atoms with Crippen molar-refractivity contribution in [2.75, 3.05) is 19.3 Å². The molecule has 3 aromatic rings. The van der Waals surface area contributed by atoms with Crippen molar-refractivity contribution in [3.05, 3.63) is 88.1 Å². The first kappa shape index (κ1) is 20.1. The van der Waals surface area contributed by atoms with Gasteiger partial charge in [-0.15, -0.1) is 11.8 Å². The fourth-order valence-corrected chi connectivity index (χ4v) is 5.38. The Bertz CT molecular complexity index is 1190. The van der Waals surface area contributed by atoms with E-state index in [-0.39, 0.29) is 29.1 Å². The maximum absolute atomic E-state index is 13.3. The van der Waals surface area contributed by atoms with Crippen molar-refractivity contribution in [3.63, 3.8) is 0 Å². The van der Waals surface area contributed by atoms with Crippen LogP contribution in [0.1, 0.15) is 28.4 Å². The summed E-state index contributed by atoms with van der Waals surface area (Å²) < 4.78 is 15.2. The van der Waals surface area contributed by atoms with E-state index >= 15 is 0 Å². The maximum Gasteiger partial charge on any atom is 0.253 e. The third kappa shape index (κ3) is 3.69. The third-order valence-electron chi connectivity index (χ3n) is 6.37. The zero-order chi connectivity index (χ0) is 21.5. The second-order valence-corrected chi connectivity index (χ2v) is 9.20. The molecular weight excluding hydrogens is 411 g/mol. The molecule has 0 spiro atoms. The second-order valence-electron chi connectivity index (χ2n) is 8.33. The van der Waals surface area contributed by atoms with Crippen LogP contribution < -0.4 is 5.56 Å². The number of hydrogen-bond acceptors (Lipinski definition) is 3. The molecule has 2 atom stereocenters. The van der Waals surface area contributed by atoms with Gasteiger partial charge in [0.1, 0.15) is 5.82 Å². The highest BCUT2D eigenvalue weighted by molar-refractivity contribution is 7.98. The van der Waals surface area contributed by atoms with Crippen LogP contribution in [0.2, 0.25) is 0 Å². The van der Waals surface area contributed by atoms with Gasteiger partial charge in [-0.25, -0.2) is 4.39 Å². The molecule has 2 bridgehead atoms. The number of carbonyl (C=O) groups excluding carboxylic acids is 1. The van der Waals surface area contributed by atoms with Crippen LogP contribution in [-0.4, -0.2) is 34.7 Å². The average Bonchev–Trinajstić information content (AvgIpc) is 2.80. The maximum atomic E-state index is 13.3. The normalized spacial score (nSPS) is 19.7. The Kier molecular flexibility index (Phi) is 5.18. The third-order valence-corrected chi connectivity index (χ3v) is 7.11. The Morgan fingerprint density at radius 2 is 1.71 bits per heavy atom. The van der Waals surface area contributed by atoms with Gasteiger partial charge in [0, 0.05) is 53.3 Å². The summed E-state index contributed by atoms with van der Waals surface area (Å²) in [6.45, 7) is 1.80. The van der Waals surface area contributed by atoms with Gasteiger partial charge in [-0.05, 0) is 66.6 Å². The van der Waals surface area contributed by atoms with Gasteiger partial charge in [0.25, 0.3) is 11.5 Å². The highest BCUT2D eigenvalue weighted by Crippen LogP contribution is 2.40. The monoisotopic (exact) mass is 434 g/mol. The van der Waals surface area contributed by atoms with E-state index in [4.69, 9.17) is 0 Å². The summed E-state index contributed by atoms with van der Waals surface area (Å²) in [6.07, 6.45) is 3.01. The van der Waals surface area contributed by atoms with Gasteiger partial charge in [0.05, 0.1) is 0 Å². The van der Waals surface area contributed by atoms with E-state index in [2.05, 4.69) is 24.3 Å². The van der Waals surface area contributed by atoms with E-state index in [1.807, 2.05) is 21.8 Å². The highest BCUT2D eigenvalue weighted by Gasteiger charge is 2.38. The molecule has 1 saturated heterocycles. The molecule has 5 rings (SSSR count). The predicted octanol–water partition coefficient (Wildman–Crippen LogP) is 4.64. The molecule has 0 radical (unpaired) electrons. The molecule has 1 amide bonds. The molecule has 6 heteroatoms. The summed E-state index contributed by atoms with van der Waals surface area (Å²) in [5.74, 6) is -0.0895. The number of piperidine rings is 1. The molecule has 0 N–H and O–H groups in total. The number of likely N-dealkylation sites (tertiary alicyclic amines) is 1. The molecule has 1 fully saturated rings. The molecular formula is C25H23FN2O2S. The summed E-state index contributed by atoms with van der Waals surface area (Å²) in [5, 5.41) is 0. The number of pyridine rings is 1. The molecule has 4 nitrogen and oxygen atoms in total. The number of aromatic nitrogens is 1. The van der Waals surface area contributed by atoms with Crippen LogP contribution in [0.15, 0.2) is 70.4 Å². The minimum Gasteiger partial charge on any atom is -0.338 e. The quantitative estimate of drug-likeness (QED) is 0.564. The van der Waals surface area contributed by atoms with E-state index in [9.17, 15) is 14.0 Å². The van der Waals surface area contributed by atoms with Gasteiger partial charge in [-0.1, -0.05) is 12.1 Å². The van der Waals surface area contributed by atoms with E-state index < -0.39 is 0 Å². The summed E-state index contributed by atoms with van der Waals surface area (Å²) in [6, 6.07) is 17.7. The fourth-order valence-electron chi connectivity index (χ4n) is 4.97. The van der Waals surface area contributed by atoms with Crippen molar-refractivity contribution in [3.8, 4) is 11.1 Å². The molecule has 2 aliphatic heterocycles. The average molecular weight is 435 g/mol. The topological polar surface area (TPSA) is 42.3 Å². The summed E-state index contributed by atoms with van der Waals surface area (Å²) in [5.41, 5.74) is 3.69. The minimum atomic E-state index is -0.350. The summed E-state index contributed by atoms with van der Waals surface area (Å²) >= 11 is 1.70. The van der Waals surface area contributed by atoms with Gasteiger partial charge in [0.2, 0.25) is 0 Å². The van der Waals surface area contributed by atoms with E-state index in [0.29, 0.717) is 25.2 Å². The van der Waals surface area contributed by atoms with Crippen molar-refractivity contribution >= 4 is 17.7 Å². The number of hydrogen-bond donors (Lipinski definition) is 0. The van der Waals surface area contributed by atoms with Crippen LogP contribution in [-0.2, 0) is 6.54 Å². The molecule has 0 aliphatic carbocycles. The van der Waals surface area contributed by atoms with Gasteiger partial charge in [0.15, 0.2) is 0 Å². The van der Waals surface area contributed by atoms with Crippen LogP contribution in [0.25, 0.3) is 11.1 Å². The first-order valence-corrected chi connectivity index (χ1v) is 11.7. The van der Waals surface area contributed by atoms with Crippen LogP contribution >= 0.6 is 11.8 Å². The fraction of sp³-hybridized carbons (Fsp3) is 0.280. The van der Waals surface area contributed by atoms with Crippen LogP contribution in [0.4, 0.5) is 4.39 Å². The molecule has 0 unspecified atom stereocenters. The largest absolute Gasteiger partial charge is 0.338 e. The lowest BCUT2D eigenvalue weighted by atomic mass is 9.80. The van der Waals surface area contributed by atoms with Crippen LogP contribution in [0, 0.1) is 11.7 Å². The zero-order valence-corrected chi connectivity index (χ0v) is 18.1. The number of amides is 1. The predicted molar refractivity (Wildman–Crippen MR) is 121 cm³/mol. The van der Waals surface area contributed by atoms with Crippen molar-refractivity contribution in [1.29, 1.82) is 0 Å². The number of fused-ring (bicyclic) bond motifs is 4. The second kappa shape index (κ2) is 8.00. The number of halogens is 1. The van der Waals surface area contributed by atoms with Gasteiger partial charge in [-0.3, -0.25) is 9.59 Å². The Balaban J connectivity index is 1.51. The lowest BCUT2D eigenvalue weighted by Gasteiger charge is -2.43. The van der Waals surface area contributed by atoms with Crippen molar-refractivity contribution < 1.29 is 9.18 Å². The molecule has 158 valence electrons. The first-order chi connectivity index (χ1) is 15.0. The SMILES string of the molecule is CSc1ccc(-c2ccc(=O)n3c2[C@@H]2C[C@@H](CN(C(=O)c4ccc(F)cc4)C2)C3)cc1. The van der Waals surface area contributed by atoms with Crippen molar-refractivity contribution in [2.45, 2.75) is 23.8 Å². The molecule has 2 aliphatic rings. The van der Waals surface area contributed by atoms with Crippen LogP contribution in [0.5, 0.6) is 0 Å². The van der Waals surface area contributed by atoms with Gasteiger partial charge >= 0.3 is 0 Å². The van der Waals surface area contributed by atoms with Crippen molar-refractivity contribution in [2.24, 2.45) is 5.92 Å². The number of rotatable bonds is 3. The standard InChI is InChI=1S/C25H23FN2O2S/c1-31-21-8-4-17(5-9-21)22-10-11-23(29)28-14-16-12-19(24(22)28)15-27(13-16)25(30)18-2-6-20(26)7-3-18/h2-11,16,19H,12-15H2,1H3/t16-,19+/m0/s1. The number of carbonyl (C=O) groups is 1. The molecule has 2 aromatic carbocycles. The van der Waals surface area contributed by atoms with E-state index in [1.54, 1.807) is 30.0 Å².